The van der Waals surface area contributed by atoms with Crippen molar-refractivity contribution in [2.45, 2.75) is 97.9 Å². The smallest absolute Gasteiger partial charge is 0.330 e. The lowest BCUT2D eigenvalue weighted by atomic mass is 9.68. The molecule has 192 valence electrons. The minimum Gasteiger partial charge on any atom is -0.379 e. The van der Waals surface area contributed by atoms with E-state index in [-0.39, 0.29) is 22.6 Å². The molecule has 3 heterocycles. The minimum absolute atomic E-state index is 0.00503. The van der Waals surface area contributed by atoms with Gasteiger partial charge in [0.1, 0.15) is 6.23 Å². The molecule has 6 nitrogen and oxygen atoms in total. The summed E-state index contributed by atoms with van der Waals surface area (Å²) in [5.74, 6) is 0.310. The molecule has 0 amide bonds. The predicted octanol–water partition coefficient (Wildman–Crippen LogP) is 5.44. The fourth-order valence-corrected chi connectivity index (χ4v) is 6.14. The summed E-state index contributed by atoms with van der Waals surface area (Å²) < 4.78 is 3.54. The van der Waals surface area contributed by atoms with Gasteiger partial charge < -0.3 is 5.11 Å². The number of nitrogens with zero attached hydrogens (tertiary/aromatic N) is 3. The maximum Gasteiger partial charge on any atom is 0.330 e. The molecule has 0 radical (unpaired) electrons. The number of aliphatic hydroxyl groups is 1. The summed E-state index contributed by atoms with van der Waals surface area (Å²) in [6.45, 7) is 11.7. The van der Waals surface area contributed by atoms with Crippen molar-refractivity contribution in [1.29, 1.82) is 0 Å². The number of fused-ring (bicyclic) bond motifs is 1. The van der Waals surface area contributed by atoms with Crippen LogP contribution in [0.15, 0.2) is 34.4 Å². The van der Waals surface area contributed by atoms with Crippen molar-refractivity contribution in [3.63, 3.8) is 0 Å². The van der Waals surface area contributed by atoms with E-state index in [1.807, 2.05) is 11.6 Å². The van der Waals surface area contributed by atoms with Crippen molar-refractivity contribution < 1.29 is 5.11 Å². The second-order valence-corrected chi connectivity index (χ2v) is 13.3. The molecule has 35 heavy (non-hydrogen) atoms. The lowest BCUT2D eigenvalue weighted by molar-refractivity contribution is 0.0564. The van der Waals surface area contributed by atoms with E-state index < -0.39 is 6.23 Å². The van der Waals surface area contributed by atoms with Crippen LogP contribution in [0.25, 0.3) is 11.2 Å². The Morgan fingerprint density at radius 3 is 2.74 bits per heavy atom. The van der Waals surface area contributed by atoms with E-state index in [0.717, 1.165) is 55.4 Å². The highest BCUT2D eigenvalue weighted by Crippen LogP contribution is 2.42. The summed E-state index contributed by atoms with van der Waals surface area (Å²) in [5, 5.41) is 16.4. The molecule has 3 aromatic rings. The Morgan fingerprint density at radius 2 is 2.06 bits per heavy atom. The average molecular weight is 499 g/mol. The topological polar surface area (TPSA) is 72.1 Å². The standard InChI is InChI=1S/C28H42N4O2S/c1-27(2,3)18-32-22-13-12-21(29-25(22)31(6)26(32)34)19-14-15-28(4,5)23(17-19)30-24(33)11-7-9-20-10-8-16-35-20/h8,10,12-13,16,19,23-24,30,33H,7,9,11,14-15,17-18H2,1-6H3. The number of rotatable bonds is 8. The number of hydrogen-bond donors (Lipinski definition) is 2. The third kappa shape index (κ3) is 6.07. The first-order valence-corrected chi connectivity index (χ1v) is 13.9. The first-order valence-electron chi connectivity index (χ1n) is 13.0. The summed E-state index contributed by atoms with van der Waals surface area (Å²) in [4.78, 5) is 19.3. The lowest BCUT2D eigenvalue weighted by Gasteiger charge is -2.43. The molecule has 7 heteroatoms. The van der Waals surface area contributed by atoms with Gasteiger partial charge in [-0.2, -0.15) is 0 Å². The van der Waals surface area contributed by atoms with E-state index in [4.69, 9.17) is 4.98 Å². The molecular weight excluding hydrogens is 456 g/mol. The zero-order valence-electron chi connectivity index (χ0n) is 22.2. The Labute approximate surface area is 213 Å². The lowest BCUT2D eigenvalue weighted by Crippen LogP contribution is -2.50. The Morgan fingerprint density at radius 1 is 1.29 bits per heavy atom. The zero-order valence-corrected chi connectivity index (χ0v) is 23.0. The minimum atomic E-state index is -0.499. The molecule has 3 aromatic heterocycles. The van der Waals surface area contributed by atoms with Crippen molar-refractivity contribution in [1.82, 2.24) is 19.4 Å². The average Bonchev–Trinajstić information content (AvgIpc) is 3.37. The molecular formula is C28H42N4O2S. The van der Waals surface area contributed by atoms with Crippen molar-refractivity contribution in [3.05, 3.63) is 50.7 Å². The van der Waals surface area contributed by atoms with Crippen molar-refractivity contribution in [2.24, 2.45) is 17.9 Å². The van der Waals surface area contributed by atoms with Crippen molar-refractivity contribution in [2.75, 3.05) is 0 Å². The quantitative estimate of drug-likeness (QED) is 0.406. The SMILES string of the molecule is Cn1c(=O)n(CC(C)(C)C)c2ccc(C3CCC(C)(C)C(NC(O)CCCc4cccs4)C3)nc21. The fourth-order valence-electron chi connectivity index (χ4n) is 5.39. The predicted molar refractivity (Wildman–Crippen MR) is 145 cm³/mol. The maximum absolute atomic E-state index is 12.9. The van der Waals surface area contributed by atoms with Crippen LogP contribution in [0.4, 0.5) is 0 Å². The molecule has 1 aliphatic carbocycles. The Kier molecular flexibility index (Phi) is 7.60. The number of hydrogen-bond acceptors (Lipinski definition) is 5. The monoisotopic (exact) mass is 498 g/mol. The van der Waals surface area contributed by atoms with E-state index in [0.29, 0.717) is 12.5 Å². The van der Waals surface area contributed by atoms with Gasteiger partial charge in [-0.15, -0.1) is 11.3 Å². The molecule has 0 aliphatic heterocycles. The molecule has 1 saturated carbocycles. The van der Waals surface area contributed by atoms with E-state index in [2.05, 4.69) is 69.6 Å². The zero-order chi connectivity index (χ0) is 25.4. The number of aromatic nitrogens is 3. The Bertz CT molecular complexity index is 1190. The summed E-state index contributed by atoms with van der Waals surface area (Å²) >= 11 is 1.78. The molecule has 0 bridgehead atoms. The molecule has 3 atom stereocenters. The van der Waals surface area contributed by atoms with Crippen LogP contribution in [0.3, 0.4) is 0 Å². The van der Waals surface area contributed by atoms with Crippen LogP contribution in [0.1, 0.15) is 83.2 Å². The van der Waals surface area contributed by atoms with Gasteiger partial charge in [0, 0.05) is 36.1 Å². The highest BCUT2D eigenvalue weighted by molar-refractivity contribution is 7.09. The van der Waals surface area contributed by atoms with Gasteiger partial charge in [0.15, 0.2) is 5.65 Å². The van der Waals surface area contributed by atoms with Crippen LogP contribution in [0, 0.1) is 10.8 Å². The summed E-state index contributed by atoms with van der Waals surface area (Å²) in [5.41, 5.74) is 2.83. The summed E-state index contributed by atoms with van der Waals surface area (Å²) in [6.07, 6.45) is 5.32. The van der Waals surface area contributed by atoms with Gasteiger partial charge >= 0.3 is 5.69 Å². The second-order valence-electron chi connectivity index (χ2n) is 12.2. The highest BCUT2D eigenvalue weighted by Gasteiger charge is 2.38. The van der Waals surface area contributed by atoms with Crippen LogP contribution in [0.5, 0.6) is 0 Å². The van der Waals surface area contributed by atoms with Gasteiger partial charge in [-0.05, 0) is 72.9 Å². The van der Waals surface area contributed by atoms with Gasteiger partial charge in [0.2, 0.25) is 0 Å². The van der Waals surface area contributed by atoms with Gasteiger partial charge in [-0.3, -0.25) is 14.5 Å². The molecule has 0 saturated heterocycles. The molecule has 1 fully saturated rings. The third-order valence-electron chi connectivity index (χ3n) is 7.53. The van der Waals surface area contributed by atoms with Gasteiger partial charge in [-0.1, -0.05) is 40.7 Å². The molecule has 4 rings (SSSR count). The van der Waals surface area contributed by atoms with E-state index in [9.17, 15) is 9.90 Å². The molecule has 0 spiro atoms. The summed E-state index contributed by atoms with van der Waals surface area (Å²) in [6, 6.07) is 8.65. The van der Waals surface area contributed by atoms with E-state index in [1.165, 1.54) is 4.88 Å². The van der Waals surface area contributed by atoms with Crippen LogP contribution < -0.4 is 11.0 Å². The number of aliphatic hydroxyl groups excluding tert-OH is 1. The third-order valence-corrected chi connectivity index (χ3v) is 8.46. The Hall–Kier alpha value is -1.96. The van der Waals surface area contributed by atoms with E-state index >= 15 is 0 Å². The number of nitrogens with one attached hydrogen (secondary N) is 1. The molecule has 1 aliphatic rings. The van der Waals surface area contributed by atoms with Crippen LogP contribution in [-0.4, -0.2) is 31.5 Å². The van der Waals surface area contributed by atoms with Crippen LogP contribution in [-0.2, 0) is 20.0 Å². The van der Waals surface area contributed by atoms with E-state index in [1.54, 1.807) is 15.9 Å². The van der Waals surface area contributed by atoms with Gasteiger partial charge in [-0.25, -0.2) is 9.78 Å². The van der Waals surface area contributed by atoms with Crippen molar-refractivity contribution >= 4 is 22.5 Å². The van der Waals surface area contributed by atoms with Crippen LogP contribution in [0.2, 0.25) is 0 Å². The van der Waals surface area contributed by atoms with Crippen molar-refractivity contribution in [3.8, 4) is 0 Å². The number of aryl methyl sites for hydroxylation is 2. The number of imidazole rings is 1. The maximum atomic E-state index is 12.9. The first kappa shape index (κ1) is 26.1. The molecule has 2 N–H and O–H groups in total. The van der Waals surface area contributed by atoms with Gasteiger partial charge in [0.05, 0.1) is 5.52 Å². The number of pyridine rings is 1. The second kappa shape index (κ2) is 10.2. The molecule has 3 unspecified atom stereocenters. The fraction of sp³-hybridized carbons (Fsp3) is 0.643. The summed E-state index contributed by atoms with van der Waals surface area (Å²) in [7, 11) is 1.82. The first-order chi connectivity index (χ1) is 16.4. The Balaban J connectivity index is 1.47. The largest absolute Gasteiger partial charge is 0.379 e. The highest BCUT2D eigenvalue weighted by atomic mass is 32.1. The van der Waals surface area contributed by atoms with Gasteiger partial charge in [0.25, 0.3) is 0 Å². The number of thiophene rings is 1. The van der Waals surface area contributed by atoms with Crippen LogP contribution >= 0.6 is 11.3 Å². The molecule has 0 aromatic carbocycles. The normalized spacial score (nSPS) is 21.5.